The van der Waals surface area contributed by atoms with Crippen molar-refractivity contribution in [1.29, 1.82) is 0 Å². The second-order valence-corrected chi connectivity index (χ2v) is 4.40. The molecule has 0 saturated carbocycles. The third-order valence-corrected chi connectivity index (χ3v) is 2.76. The molecule has 0 atom stereocenters. The Labute approximate surface area is 88.7 Å². The summed E-state index contributed by atoms with van der Waals surface area (Å²) in [6, 6.07) is 3.94. The topological polar surface area (TPSA) is 30.2 Å². The van der Waals surface area contributed by atoms with Crippen LogP contribution in [0.1, 0.15) is 5.82 Å². The highest BCUT2D eigenvalue weighted by atomic mass is 79.9. The van der Waals surface area contributed by atoms with Gasteiger partial charge in [0.25, 0.3) is 0 Å². The maximum absolute atomic E-state index is 4.10. The van der Waals surface area contributed by atoms with Gasteiger partial charge in [-0.1, -0.05) is 15.9 Å². The number of halogens is 1. The van der Waals surface area contributed by atoms with Crippen LogP contribution >= 0.6 is 27.7 Å². The molecule has 0 aliphatic heterocycles. The summed E-state index contributed by atoms with van der Waals surface area (Å²) in [5.74, 6) is 1.89. The van der Waals surface area contributed by atoms with Crippen LogP contribution in [0.5, 0.6) is 0 Å². The predicted octanol–water partition coefficient (Wildman–Crippen LogP) is 2.35. The average molecular weight is 258 g/mol. The molecule has 5 heteroatoms. The molecule has 2 aromatic rings. The Bertz CT molecular complexity index is 426. The van der Waals surface area contributed by atoms with Crippen LogP contribution in [0.2, 0.25) is 0 Å². The lowest BCUT2D eigenvalue weighted by atomic mass is 10.5. The second kappa shape index (κ2) is 3.67. The Morgan fingerprint density at radius 3 is 3.15 bits per heavy atom. The second-order valence-electron chi connectivity index (χ2n) is 2.62. The third kappa shape index (κ3) is 1.71. The van der Waals surface area contributed by atoms with Crippen molar-refractivity contribution in [3.8, 4) is 0 Å². The minimum atomic E-state index is 0.887. The van der Waals surface area contributed by atoms with Crippen molar-refractivity contribution in [2.24, 2.45) is 0 Å². The molecule has 2 heterocycles. The molecule has 2 rings (SSSR count). The highest BCUT2D eigenvalue weighted by molar-refractivity contribution is 9.10. The molecule has 0 spiro atoms. The predicted molar refractivity (Wildman–Crippen MR) is 57.9 cm³/mol. The largest absolute Gasteiger partial charge is 0.286 e. The van der Waals surface area contributed by atoms with Gasteiger partial charge in [-0.15, -0.1) is 10.2 Å². The van der Waals surface area contributed by atoms with Crippen molar-refractivity contribution in [3.05, 3.63) is 28.6 Å². The fraction of sp³-hybridized carbons (Fsp3) is 0.250. The van der Waals surface area contributed by atoms with Gasteiger partial charge in [-0.25, -0.2) is 0 Å². The molecule has 0 fully saturated rings. The van der Waals surface area contributed by atoms with Gasteiger partial charge in [-0.3, -0.25) is 4.40 Å². The number of rotatable bonds is 2. The van der Waals surface area contributed by atoms with Crippen molar-refractivity contribution in [1.82, 2.24) is 14.6 Å². The highest BCUT2D eigenvalue weighted by Gasteiger charge is 2.03. The number of hydrogen-bond donors (Lipinski definition) is 0. The summed E-state index contributed by atoms with van der Waals surface area (Å²) in [5.41, 5.74) is 0.887. The van der Waals surface area contributed by atoms with Gasteiger partial charge in [-0.2, -0.15) is 11.8 Å². The summed E-state index contributed by atoms with van der Waals surface area (Å²) in [6.45, 7) is 0. The molecule has 0 aliphatic rings. The van der Waals surface area contributed by atoms with Gasteiger partial charge in [-0.05, 0) is 18.4 Å². The molecule has 0 bridgehead atoms. The summed E-state index contributed by atoms with van der Waals surface area (Å²) < 4.78 is 3.03. The molecule has 0 saturated heterocycles. The van der Waals surface area contributed by atoms with Crippen LogP contribution < -0.4 is 0 Å². The normalized spacial score (nSPS) is 10.9. The van der Waals surface area contributed by atoms with Gasteiger partial charge < -0.3 is 0 Å². The van der Waals surface area contributed by atoms with Crippen molar-refractivity contribution >= 4 is 33.3 Å². The van der Waals surface area contributed by atoms with Crippen molar-refractivity contribution in [3.63, 3.8) is 0 Å². The van der Waals surface area contributed by atoms with Crippen molar-refractivity contribution in [2.75, 3.05) is 6.26 Å². The van der Waals surface area contributed by atoms with E-state index in [1.165, 1.54) is 0 Å². The van der Waals surface area contributed by atoms with Gasteiger partial charge in [0.15, 0.2) is 5.65 Å². The summed E-state index contributed by atoms with van der Waals surface area (Å²) in [5, 5.41) is 8.17. The fourth-order valence-corrected chi connectivity index (χ4v) is 1.92. The molecule has 0 amide bonds. The van der Waals surface area contributed by atoms with Gasteiger partial charge in [0.05, 0.1) is 5.75 Å². The van der Waals surface area contributed by atoms with E-state index in [1.807, 2.05) is 22.7 Å². The lowest BCUT2D eigenvalue weighted by molar-refractivity contribution is 0.991. The first kappa shape index (κ1) is 9.02. The molecule has 68 valence electrons. The number of pyridine rings is 1. The standard InChI is InChI=1S/C8H8BrN3S/c1-13-5-8-11-10-7-4-6(9)2-3-12(7)8/h2-4H,5H2,1H3. The smallest absolute Gasteiger partial charge is 0.161 e. The van der Waals surface area contributed by atoms with Crippen LogP contribution in [0.4, 0.5) is 0 Å². The number of hydrogen-bond acceptors (Lipinski definition) is 3. The van der Waals surface area contributed by atoms with E-state index in [-0.39, 0.29) is 0 Å². The average Bonchev–Trinajstić information content (AvgIpc) is 2.49. The molecular formula is C8H8BrN3S. The Morgan fingerprint density at radius 2 is 2.38 bits per heavy atom. The SMILES string of the molecule is CSCc1nnc2cc(Br)ccn12. The third-order valence-electron chi connectivity index (χ3n) is 1.72. The Balaban J connectivity index is 2.55. The zero-order valence-electron chi connectivity index (χ0n) is 7.07. The lowest BCUT2D eigenvalue weighted by Gasteiger charge is -1.96. The molecule has 0 aromatic carbocycles. The first-order valence-electron chi connectivity index (χ1n) is 3.79. The van der Waals surface area contributed by atoms with E-state index in [9.17, 15) is 0 Å². The van der Waals surface area contributed by atoms with Crippen LogP contribution in [0.15, 0.2) is 22.8 Å². The van der Waals surface area contributed by atoms with E-state index in [0.717, 1.165) is 21.7 Å². The molecule has 2 aromatic heterocycles. The summed E-state index contributed by atoms with van der Waals surface area (Å²) in [6.07, 6.45) is 4.03. The minimum Gasteiger partial charge on any atom is -0.286 e. The maximum Gasteiger partial charge on any atom is 0.161 e. The summed E-state index contributed by atoms with van der Waals surface area (Å²) in [4.78, 5) is 0. The fourth-order valence-electron chi connectivity index (χ4n) is 1.14. The number of nitrogens with zero attached hydrogens (tertiary/aromatic N) is 3. The summed E-state index contributed by atoms with van der Waals surface area (Å²) >= 11 is 5.14. The Morgan fingerprint density at radius 1 is 1.54 bits per heavy atom. The highest BCUT2D eigenvalue weighted by Crippen LogP contribution is 2.14. The van der Waals surface area contributed by atoms with Gasteiger partial charge in [0.1, 0.15) is 5.82 Å². The van der Waals surface area contributed by atoms with Crippen LogP contribution in [0.25, 0.3) is 5.65 Å². The van der Waals surface area contributed by atoms with E-state index in [1.54, 1.807) is 11.8 Å². The molecule has 0 unspecified atom stereocenters. The van der Waals surface area contributed by atoms with Crippen LogP contribution in [-0.4, -0.2) is 20.9 Å². The van der Waals surface area contributed by atoms with E-state index >= 15 is 0 Å². The number of aromatic nitrogens is 3. The maximum atomic E-state index is 4.10. The molecule has 0 aliphatic carbocycles. The van der Waals surface area contributed by atoms with Gasteiger partial charge in [0.2, 0.25) is 0 Å². The number of fused-ring (bicyclic) bond motifs is 1. The zero-order chi connectivity index (χ0) is 9.26. The quantitative estimate of drug-likeness (QED) is 0.828. The molecule has 3 nitrogen and oxygen atoms in total. The number of thioether (sulfide) groups is 1. The van der Waals surface area contributed by atoms with E-state index in [0.29, 0.717) is 0 Å². The molecule has 0 radical (unpaired) electrons. The lowest BCUT2D eigenvalue weighted by Crippen LogP contribution is -1.91. The molecule has 13 heavy (non-hydrogen) atoms. The zero-order valence-corrected chi connectivity index (χ0v) is 9.47. The van der Waals surface area contributed by atoms with E-state index < -0.39 is 0 Å². The van der Waals surface area contributed by atoms with E-state index in [2.05, 4.69) is 32.4 Å². The van der Waals surface area contributed by atoms with Crippen LogP contribution in [-0.2, 0) is 5.75 Å². The molecular weight excluding hydrogens is 250 g/mol. The van der Waals surface area contributed by atoms with Gasteiger partial charge in [0, 0.05) is 10.7 Å². The minimum absolute atomic E-state index is 0.887. The van der Waals surface area contributed by atoms with E-state index in [4.69, 9.17) is 0 Å². The van der Waals surface area contributed by atoms with Crippen molar-refractivity contribution < 1.29 is 0 Å². The van der Waals surface area contributed by atoms with Crippen molar-refractivity contribution in [2.45, 2.75) is 5.75 Å². The van der Waals surface area contributed by atoms with Crippen LogP contribution in [0.3, 0.4) is 0 Å². The van der Waals surface area contributed by atoms with Crippen LogP contribution in [0, 0.1) is 0 Å². The summed E-state index contributed by atoms with van der Waals surface area (Å²) in [7, 11) is 0. The Kier molecular flexibility index (Phi) is 2.55. The first-order chi connectivity index (χ1) is 6.31. The molecule has 0 N–H and O–H groups in total. The Hall–Kier alpha value is -0.550. The monoisotopic (exact) mass is 257 g/mol. The first-order valence-corrected chi connectivity index (χ1v) is 5.98. The van der Waals surface area contributed by atoms with Gasteiger partial charge >= 0.3 is 0 Å².